The Morgan fingerprint density at radius 1 is 1.50 bits per heavy atom. The molecule has 4 heteroatoms. The van der Waals surface area contributed by atoms with Gasteiger partial charge in [-0.3, -0.25) is 4.98 Å². The number of hydrogen-bond donors (Lipinski definition) is 1. The second-order valence-electron chi connectivity index (χ2n) is 4.36. The summed E-state index contributed by atoms with van der Waals surface area (Å²) in [6.07, 6.45) is 9.04. The summed E-state index contributed by atoms with van der Waals surface area (Å²) >= 11 is 1.95. The van der Waals surface area contributed by atoms with Crippen LogP contribution in [0, 0.1) is 5.82 Å². The molecule has 1 aliphatic rings. The van der Waals surface area contributed by atoms with Gasteiger partial charge in [0.2, 0.25) is 0 Å². The van der Waals surface area contributed by atoms with Gasteiger partial charge >= 0.3 is 0 Å². The zero-order valence-corrected chi connectivity index (χ0v) is 10.3. The first-order chi connectivity index (χ1) is 7.74. The maximum absolute atomic E-state index is 12.9. The van der Waals surface area contributed by atoms with Crippen molar-refractivity contribution in [3.63, 3.8) is 0 Å². The summed E-state index contributed by atoms with van der Waals surface area (Å²) in [6.45, 7) is 1.71. The van der Waals surface area contributed by atoms with E-state index in [-0.39, 0.29) is 5.82 Å². The molecule has 0 amide bonds. The Morgan fingerprint density at radius 3 is 2.88 bits per heavy atom. The lowest BCUT2D eigenvalue weighted by Gasteiger charge is -2.40. The molecule has 0 spiro atoms. The van der Waals surface area contributed by atoms with E-state index >= 15 is 0 Å². The molecule has 0 bridgehead atoms. The molecule has 0 aromatic carbocycles. The third-order valence-corrected chi connectivity index (χ3v) is 4.65. The van der Waals surface area contributed by atoms with Crippen LogP contribution < -0.4 is 5.32 Å². The molecular weight excluding hydrogens is 223 g/mol. The van der Waals surface area contributed by atoms with Crippen LogP contribution in [0.4, 0.5) is 4.39 Å². The van der Waals surface area contributed by atoms with Crippen molar-refractivity contribution < 1.29 is 4.39 Å². The molecule has 0 saturated heterocycles. The van der Waals surface area contributed by atoms with Gasteiger partial charge in [0, 0.05) is 24.0 Å². The standard InChI is InChI=1S/C12H17FN2S/c1-16-12(3-2-4-12)9-15-7-10-5-11(13)8-14-6-10/h5-6,8,15H,2-4,7,9H2,1H3. The molecule has 0 radical (unpaired) electrons. The Labute approximate surface area is 100 Å². The van der Waals surface area contributed by atoms with Crippen LogP contribution in [0.25, 0.3) is 0 Å². The summed E-state index contributed by atoms with van der Waals surface area (Å²) in [7, 11) is 0. The average molecular weight is 240 g/mol. The van der Waals surface area contributed by atoms with Crippen molar-refractivity contribution in [2.45, 2.75) is 30.6 Å². The van der Waals surface area contributed by atoms with Crippen LogP contribution in [0.1, 0.15) is 24.8 Å². The smallest absolute Gasteiger partial charge is 0.141 e. The van der Waals surface area contributed by atoms with E-state index in [1.165, 1.54) is 31.5 Å². The second-order valence-corrected chi connectivity index (χ2v) is 5.63. The molecule has 2 rings (SSSR count). The molecule has 0 unspecified atom stereocenters. The fraction of sp³-hybridized carbons (Fsp3) is 0.583. The minimum absolute atomic E-state index is 0.262. The number of nitrogens with zero attached hydrogens (tertiary/aromatic N) is 1. The number of rotatable bonds is 5. The van der Waals surface area contributed by atoms with Crippen molar-refractivity contribution >= 4 is 11.8 Å². The quantitative estimate of drug-likeness (QED) is 0.856. The molecular formula is C12H17FN2S. The fourth-order valence-corrected chi connectivity index (χ4v) is 2.95. The minimum atomic E-state index is -0.262. The van der Waals surface area contributed by atoms with E-state index in [2.05, 4.69) is 16.6 Å². The molecule has 16 heavy (non-hydrogen) atoms. The van der Waals surface area contributed by atoms with Gasteiger partial charge in [0.1, 0.15) is 5.82 Å². The number of aromatic nitrogens is 1. The maximum atomic E-state index is 12.9. The molecule has 1 fully saturated rings. The van der Waals surface area contributed by atoms with Crippen LogP contribution in [0.3, 0.4) is 0 Å². The van der Waals surface area contributed by atoms with Gasteiger partial charge < -0.3 is 5.32 Å². The molecule has 1 aliphatic carbocycles. The van der Waals surface area contributed by atoms with E-state index in [1.807, 2.05) is 11.8 Å². The first-order valence-corrected chi connectivity index (χ1v) is 6.82. The van der Waals surface area contributed by atoms with Crippen LogP contribution >= 0.6 is 11.8 Å². The highest BCUT2D eigenvalue weighted by Crippen LogP contribution is 2.42. The van der Waals surface area contributed by atoms with E-state index in [1.54, 1.807) is 6.20 Å². The summed E-state index contributed by atoms with van der Waals surface area (Å²) in [6, 6.07) is 1.53. The van der Waals surface area contributed by atoms with Crippen molar-refractivity contribution in [1.82, 2.24) is 10.3 Å². The monoisotopic (exact) mass is 240 g/mol. The first-order valence-electron chi connectivity index (χ1n) is 5.59. The van der Waals surface area contributed by atoms with Crippen molar-refractivity contribution in [3.05, 3.63) is 29.8 Å². The van der Waals surface area contributed by atoms with E-state index in [0.717, 1.165) is 12.1 Å². The summed E-state index contributed by atoms with van der Waals surface area (Å²) in [5, 5.41) is 3.40. The Kier molecular flexibility index (Phi) is 3.82. The van der Waals surface area contributed by atoms with Crippen LogP contribution in [-0.2, 0) is 6.54 Å². The number of hydrogen-bond acceptors (Lipinski definition) is 3. The largest absolute Gasteiger partial charge is 0.311 e. The van der Waals surface area contributed by atoms with E-state index in [4.69, 9.17) is 0 Å². The van der Waals surface area contributed by atoms with Crippen molar-refractivity contribution in [2.75, 3.05) is 12.8 Å². The summed E-state index contributed by atoms with van der Waals surface area (Å²) in [5.74, 6) is -0.262. The van der Waals surface area contributed by atoms with Gasteiger partial charge in [0.25, 0.3) is 0 Å². The van der Waals surface area contributed by atoms with Crippen molar-refractivity contribution in [1.29, 1.82) is 0 Å². The Morgan fingerprint density at radius 2 is 2.31 bits per heavy atom. The van der Waals surface area contributed by atoms with Gasteiger partial charge in [-0.1, -0.05) is 6.42 Å². The van der Waals surface area contributed by atoms with Crippen molar-refractivity contribution in [2.24, 2.45) is 0 Å². The highest BCUT2D eigenvalue weighted by atomic mass is 32.2. The lowest BCUT2D eigenvalue weighted by Crippen LogP contribution is -2.43. The highest BCUT2D eigenvalue weighted by molar-refractivity contribution is 8.00. The number of halogens is 1. The lowest BCUT2D eigenvalue weighted by atomic mass is 9.84. The van der Waals surface area contributed by atoms with Gasteiger partial charge in [0.05, 0.1) is 6.20 Å². The zero-order chi connectivity index (χ0) is 11.4. The fourth-order valence-electron chi connectivity index (χ4n) is 2.01. The van der Waals surface area contributed by atoms with Gasteiger partial charge in [-0.15, -0.1) is 0 Å². The van der Waals surface area contributed by atoms with E-state index < -0.39 is 0 Å². The van der Waals surface area contributed by atoms with Crippen LogP contribution in [0.5, 0.6) is 0 Å². The normalized spacial score (nSPS) is 18.1. The Hall–Kier alpha value is -0.610. The molecule has 88 valence electrons. The number of nitrogens with one attached hydrogen (secondary N) is 1. The van der Waals surface area contributed by atoms with Gasteiger partial charge in [-0.25, -0.2) is 4.39 Å². The molecule has 0 aliphatic heterocycles. The van der Waals surface area contributed by atoms with Crippen molar-refractivity contribution in [3.8, 4) is 0 Å². The Bertz CT molecular complexity index is 347. The van der Waals surface area contributed by atoms with E-state index in [0.29, 0.717) is 11.3 Å². The van der Waals surface area contributed by atoms with Crippen LogP contribution in [0.2, 0.25) is 0 Å². The molecule has 1 aromatic rings. The van der Waals surface area contributed by atoms with Gasteiger partial charge in [-0.05, 0) is 30.7 Å². The van der Waals surface area contributed by atoms with Crippen LogP contribution in [-0.4, -0.2) is 22.5 Å². The predicted molar refractivity (Wildman–Crippen MR) is 66.0 cm³/mol. The zero-order valence-electron chi connectivity index (χ0n) is 9.50. The molecule has 1 aromatic heterocycles. The van der Waals surface area contributed by atoms with E-state index in [9.17, 15) is 4.39 Å². The van der Waals surface area contributed by atoms with Gasteiger partial charge in [-0.2, -0.15) is 11.8 Å². The SMILES string of the molecule is CSC1(CNCc2cncc(F)c2)CCC1. The maximum Gasteiger partial charge on any atom is 0.141 e. The third kappa shape index (κ3) is 2.74. The minimum Gasteiger partial charge on any atom is -0.311 e. The third-order valence-electron chi connectivity index (χ3n) is 3.24. The summed E-state index contributed by atoms with van der Waals surface area (Å²) < 4.78 is 13.3. The molecule has 2 nitrogen and oxygen atoms in total. The lowest BCUT2D eigenvalue weighted by molar-refractivity contribution is 0.345. The molecule has 1 heterocycles. The average Bonchev–Trinajstić information content (AvgIpc) is 2.22. The second kappa shape index (κ2) is 5.15. The molecule has 1 saturated carbocycles. The predicted octanol–water partition coefficient (Wildman–Crippen LogP) is 2.60. The summed E-state index contributed by atoms with van der Waals surface area (Å²) in [5.41, 5.74) is 0.913. The topological polar surface area (TPSA) is 24.9 Å². The Balaban J connectivity index is 1.79. The van der Waals surface area contributed by atoms with Gasteiger partial charge in [0.15, 0.2) is 0 Å². The van der Waals surface area contributed by atoms with Crippen LogP contribution in [0.15, 0.2) is 18.5 Å². The molecule has 1 N–H and O–H groups in total. The summed E-state index contributed by atoms with van der Waals surface area (Å²) in [4.78, 5) is 3.83. The highest BCUT2D eigenvalue weighted by Gasteiger charge is 2.35. The molecule has 0 atom stereocenters. The number of pyridine rings is 1. The number of thioether (sulfide) groups is 1. The first kappa shape index (κ1) is 11.9.